The van der Waals surface area contributed by atoms with Gasteiger partial charge in [-0.3, -0.25) is 0 Å². The lowest BCUT2D eigenvalue weighted by atomic mass is 10.5. The number of ether oxygens (including phenoxy) is 1. The molecule has 0 unspecified atom stereocenters. The van der Waals surface area contributed by atoms with E-state index in [1.54, 1.807) is 0 Å². The molecule has 0 aromatic rings. The number of carbonyl (C=O) groups is 2. The van der Waals surface area contributed by atoms with Gasteiger partial charge in [0, 0.05) is 13.1 Å². The summed E-state index contributed by atoms with van der Waals surface area (Å²) in [6.45, 7) is -0.0357. The molecule has 2 N–H and O–H groups in total. The maximum atomic E-state index is 10.3. The normalized spacial score (nSPS) is 9.55. The highest BCUT2D eigenvalue weighted by molar-refractivity contribution is 5.79. The Labute approximate surface area is 63.7 Å². The van der Waals surface area contributed by atoms with Crippen LogP contribution in [0.4, 0.5) is 4.79 Å². The predicted molar refractivity (Wildman–Crippen MR) is 37.2 cm³/mol. The van der Waals surface area contributed by atoms with Crippen molar-refractivity contribution in [2.75, 3.05) is 13.7 Å². The van der Waals surface area contributed by atoms with E-state index in [2.05, 4.69) is 10.1 Å². The Kier molecular flexibility index (Phi) is 4.55. The molecule has 11 heavy (non-hydrogen) atoms. The van der Waals surface area contributed by atoms with Gasteiger partial charge in [-0.2, -0.15) is 0 Å². The summed E-state index contributed by atoms with van der Waals surface area (Å²) >= 11 is 0. The van der Waals surface area contributed by atoms with Gasteiger partial charge >= 0.3 is 12.1 Å². The Morgan fingerprint density at radius 2 is 2.27 bits per heavy atom. The first-order valence-corrected chi connectivity index (χ1v) is 2.90. The first-order chi connectivity index (χ1) is 5.16. The van der Waals surface area contributed by atoms with E-state index < -0.39 is 12.1 Å². The molecule has 0 rings (SSSR count). The average Bonchev–Trinajstić information content (AvgIpc) is 1.97. The van der Waals surface area contributed by atoms with Gasteiger partial charge in [0.25, 0.3) is 0 Å². The molecule has 0 aliphatic heterocycles. The van der Waals surface area contributed by atoms with Crippen molar-refractivity contribution in [1.82, 2.24) is 5.32 Å². The molecule has 0 heterocycles. The van der Waals surface area contributed by atoms with E-state index in [1.165, 1.54) is 13.1 Å². The minimum atomic E-state index is -1.06. The SMILES string of the molecule is CNC(=O)OCC=CC(=O)O. The summed E-state index contributed by atoms with van der Waals surface area (Å²) < 4.78 is 4.44. The molecule has 0 spiro atoms. The Balaban J connectivity index is 3.41. The van der Waals surface area contributed by atoms with Gasteiger partial charge in [0.05, 0.1) is 0 Å². The highest BCUT2D eigenvalue weighted by Crippen LogP contribution is 1.78. The van der Waals surface area contributed by atoms with Crippen LogP contribution in [0.15, 0.2) is 12.2 Å². The van der Waals surface area contributed by atoms with E-state index in [1.807, 2.05) is 0 Å². The van der Waals surface area contributed by atoms with Crippen LogP contribution in [0.2, 0.25) is 0 Å². The highest BCUT2D eigenvalue weighted by atomic mass is 16.5. The molecule has 5 heteroatoms. The number of hydrogen-bond acceptors (Lipinski definition) is 3. The van der Waals surface area contributed by atoms with Crippen molar-refractivity contribution >= 4 is 12.1 Å². The highest BCUT2D eigenvalue weighted by Gasteiger charge is 1.93. The second-order valence-corrected chi connectivity index (χ2v) is 1.59. The molecule has 0 saturated carbocycles. The van der Waals surface area contributed by atoms with Crippen LogP contribution in [0.1, 0.15) is 0 Å². The van der Waals surface area contributed by atoms with Gasteiger partial charge < -0.3 is 15.2 Å². The van der Waals surface area contributed by atoms with Gasteiger partial charge in [-0.05, 0) is 6.08 Å². The van der Waals surface area contributed by atoms with Crippen LogP contribution in [0, 0.1) is 0 Å². The van der Waals surface area contributed by atoms with Crippen LogP contribution >= 0.6 is 0 Å². The second-order valence-electron chi connectivity index (χ2n) is 1.59. The number of nitrogens with one attached hydrogen (secondary N) is 1. The molecule has 0 aliphatic rings. The number of aliphatic carboxylic acids is 1. The minimum Gasteiger partial charge on any atom is -0.478 e. The molecule has 0 atom stereocenters. The smallest absolute Gasteiger partial charge is 0.407 e. The summed E-state index contributed by atoms with van der Waals surface area (Å²) in [6, 6.07) is 0. The lowest BCUT2D eigenvalue weighted by Gasteiger charge is -1.97. The molecular weight excluding hydrogens is 150 g/mol. The van der Waals surface area contributed by atoms with Crippen molar-refractivity contribution in [2.45, 2.75) is 0 Å². The number of carboxylic acids is 1. The monoisotopic (exact) mass is 159 g/mol. The van der Waals surface area contributed by atoms with E-state index in [-0.39, 0.29) is 6.61 Å². The molecule has 0 aliphatic carbocycles. The number of rotatable bonds is 3. The maximum absolute atomic E-state index is 10.3. The van der Waals surface area contributed by atoms with Crippen LogP contribution in [0.25, 0.3) is 0 Å². The Bertz CT molecular complexity index is 175. The van der Waals surface area contributed by atoms with E-state index in [4.69, 9.17) is 5.11 Å². The number of alkyl carbamates (subject to hydrolysis) is 1. The molecule has 5 nitrogen and oxygen atoms in total. The standard InChI is InChI=1S/C6H9NO4/c1-7-6(10)11-4-2-3-5(8)9/h2-3H,4H2,1H3,(H,7,10)(H,8,9). The third-order valence-electron chi connectivity index (χ3n) is 0.775. The summed E-state index contributed by atoms with van der Waals surface area (Å²) in [5.41, 5.74) is 0. The first kappa shape index (κ1) is 9.48. The van der Waals surface area contributed by atoms with Crippen LogP contribution in [0.5, 0.6) is 0 Å². The van der Waals surface area contributed by atoms with E-state index >= 15 is 0 Å². The van der Waals surface area contributed by atoms with E-state index in [0.717, 1.165) is 6.08 Å². The molecule has 0 fully saturated rings. The van der Waals surface area contributed by atoms with Crippen LogP contribution in [-0.4, -0.2) is 30.8 Å². The number of carbonyl (C=O) groups excluding carboxylic acids is 1. The number of hydrogen-bond donors (Lipinski definition) is 2. The fourth-order valence-corrected chi connectivity index (χ4v) is 0.345. The van der Waals surface area contributed by atoms with Crippen LogP contribution in [0.3, 0.4) is 0 Å². The number of amides is 1. The van der Waals surface area contributed by atoms with Crippen molar-refractivity contribution in [3.63, 3.8) is 0 Å². The number of carboxylic acid groups (broad SMARTS) is 1. The third kappa shape index (κ3) is 6.36. The molecule has 0 aromatic carbocycles. The Morgan fingerprint density at radius 3 is 2.73 bits per heavy atom. The van der Waals surface area contributed by atoms with E-state index in [0.29, 0.717) is 0 Å². The summed E-state index contributed by atoms with van der Waals surface area (Å²) in [5.74, 6) is -1.06. The van der Waals surface area contributed by atoms with Gasteiger partial charge in [-0.1, -0.05) is 0 Å². The molecule has 0 bridgehead atoms. The summed E-state index contributed by atoms with van der Waals surface area (Å²) in [4.78, 5) is 20.2. The fraction of sp³-hybridized carbons (Fsp3) is 0.333. The quantitative estimate of drug-likeness (QED) is 0.567. The third-order valence-corrected chi connectivity index (χ3v) is 0.775. The van der Waals surface area contributed by atoms with Crippen molar-refractivity contribution in [2.24, 2.45) is 0 Å². The minimum absolute atomic E-state index is 0.0357. The van der Waals surface area contributed by atoms with Crippen molar-refractivity contribution in [1.29, 1.82) is 0 Å². The lowest BCUT2D eigenvalue weighted by Crippen LogP contribution is -2.19. The van der Waals surface area contributed by atoms with Gasteiger partial charge in [0.2, 0.25) is 0 Å². The summed E-state index contributed by atoms with van der Waals surface area (Å²) in [6.07, 6.45) is 1.56. The van der Waals surface area contributed by atoms with Gasteiger partial charge in [0.1, 0.15) is 6.61 Å². The fourth-order valence-electron chi connectivity index (χ4n) is 0.345. The second kappa shape index (κ2) is 5.28. The van der Waals surface area contributed by atoms with Crippen molar-refractivity contribution in [3.05, 3.63) is 12.2 Å². The topological polar surface area (TPSA) is 75.6 Å². The van der Waals surface area contributed by atoms with Crippen molar-refractivity contribution in [3.8, 4) is 0 Å². The molecule has 1 amide bonds. The van der Waals surface area contributed by atoms with Crippen LogP contribution < -0.4 is 5.32 Å². The average molecular weight is 159 g/mol. The lowest BCUT2D eigenvalue weighted by molar-refractivity contribution is -0.131. The zero-order chi connectivity index (χ0) is 8.69. The summed E-state index contributed by atoms with van der Waals surface area (Å²) in [7, 11) is 1.42. The zero-order valence-electron chi connectivity index (χ0n) is 6.03. The largest absolute Gasteiger partial charge is 0.478 e. The Hall–Kier alpha value is -1.52. The van der Waals surface area contributed by atoms with Crippen LogP contribution in [-0.2, 0) is 9.53 Å². The first-order valence-electron chi connectivity index (χ1n) is 2.90. The van der Waals surface area contributed by atoms with Gasteiger partial charge in [0.15, 0.2) is 0 Å². The molecule has 62 valence electrons. The predicted octanol–water partition coefficient (Wildman–Crippen LogP) is -0.0168. The molecular formula is C6H9NO4. The molecule has 0 radical (unpaired) electrons. The molecule has 0 saturated heterocycles. The van der Waals surface area contributed by atoms with Crippen molar-refractivity contribution < 1.29 is 19.4 Å². The van der Waals surface area contributed by atoms with E-state index in [9.17, 15) is 9.59 Å². The van der Waals surface area contributed by atoms with Gasteiger partial charge in [-0.15, -0.1) is 0 Å². The zero-order valence-corrected chi connectivity index (χ0v) is 6.03. The molecule has 0 aromatic heterocycles. The maximum Gasteiger partial charge on any atom is 0.407 e. The van der Waals surface area contributed by atoms with Gasteiger partial charge in [-0.25, -0.2) is 9.59 Å². The summed E-state index contributed by atoms with van der Waals surface area (Å²) in [5, 5.41) is 10.3. The Morgan fingerprint density at radius 1 is 1.64 bits per heavy atom.